The predicted octanol–water partition coefficient (Wildman–Crippen LogP) is 2.02. The number of benzene rings is 1. The van der Waals surface area contributed by atoms with Crippen molar-refractivity contribution in [1.29, 1.82) is 0 Å². The zero-order chi connectivity index (χ0) is 14.4. The first-order chi connectivity index (χ1) is 8.93. The van der Waals surface area contributed by atoms with E-state index in [9.17, 15) is 4.79 Å². The van der Waals surface area contributed by atoms with Crippen LogP contribution in [0.15, 0.2) is 18.2 Å². The monoisotopic (exact) mass is 283 g/mol. The summed E-state index contributed by atoms with van der Waals surface area (Å²) >= 11 is 6.21. The second-order valence-corrected chi connectivity index (χ2v) is 5.29. The third kappa shape index (κ3) is 5.09. The molecule has 0 saturated carbocycles. The van der Waals surface area contributed by atoms with E-state index in [2.05, 4.69) is 10.6 Å². The molecule has 106 valence electrons. The molecule has 1 amide bonds. The average molecular weight is 284 g/mol. The fraction of sp³-hybridized carbons (Fsp3) is 0.500. The van der Waals surface area contributed by atoms with Gasteiger partial charge in [0, 0.05) is 30.3 Å². The average Bonchev–Trinajstić information content (AvgIpc) is 2.30. The number of carbonyl (C=O) groups is 1. The van der Waals surface area contributed by atoms with E-state index in [-0.39, 0.29) is 11.9 Å². The number of hydrogen-bond donors (Lipinski definition) is 2. The van der Waals surface area contributed by atoms with Gasteiger partial charge in [0.1, 0.15) is 0 Å². The second kappa shape index (κ2) is 7.36. The number of carbonyl (C=O) groups excluding carboxylic acids is 1. The van der Waals surface area contributed by atoms with Gasteiger partial charge in [-0.1, -0.05) is 17.7 Å². The standard InChI is InChI=1S/C14H22ClN3O/c1-10(2)17-14(19)9-18(4)12-6-5-11(8-16-3)13(15)7-12/h5-7,10,16H,8-9H2,1-4H3,(H,17,19). The Kier molecular flexibility index (Phi) is 6.12. The summed E-state index contributed by atoms with van der Waals surface area (Å²) in [6.45, 7) is 4.94. The lowest BCUT2D eigenvalue weighted by Crippen LogP contribution is -2.38. The maximum atomic E-state index is 11.7. The summed E-state index contributed by atoms with van der Waals surface area (Å²) in [4.78, 5) is 13.6. The molecular formula is C14H22ClN3O. The number of amides is 1. The fourth-order valence-electron chi connectivity index (χ4n) is 1.78. The molecule has 0 aliphatic carbocycles. The third-order valence-electron chi connectivity index (χ3n) is 2.68. The van der Waals surface area contributed by atoms with Crippen molar-refractivity contribution in [3.63, 3.8) is 0 Å². The van der Waals surface area contributed by atoms with Crippen LogP contribution in [0.3, 0.4) is 0 Å². The van der Waals surface area contributed by atoms with Gasteiger partial charge in [0.05, 0.1) is 6.54 Å². The molecule has 4 nitrogen and oxygen atoms in total. The smallest absolute Gasteiger partial charge is 0.239 e. The van der Waals surface area contributed by atoms with Crippen molar-refractivity contribution in [1.82, 2.24) is 10.6 Å². The number of rotatable bonds is 6. The molecule has 0 spiro atoms. The normalized spacial score (nSPS) is 10.6. The lowest BCUT2D eigenvalue weighted by Gasteiger charge is -2.20. The fourth-order valence-corrected chi connectivity index (χ4v) is 2.02. The number of nitrogens with one attached hydrogen (secondary N) is 2. The van der Waals surface area contributed by atoms with Gasteiger partial charge in [0.15, 0.2) is 0 Å². The van der Waals surface area contributed by atoms with E-state index in [1.807, 2.05) is 51.0 Å². The highest BCUT2D eigenvalue weighted by atomic mass is 35.5. The Morgan fingerprint density at radius 3 is 2.63 bits per heavy atom. The number of nitrogens with zero attached hydrogens (tertiary/aromatic N) is 1. The van der Waals surface area contributed by atoms with Gasteiger partial charge >= 0.3 is 0 Å². The van der Waals surface area contributed by atoms with Crippen LogP contribution in [-0.2, 0) is 11.3 Å². The molecule has 2 N–H and O–H groups in total. The van der Waals surface area contributed by atoms with Gasteiger partial charge in [-0.3, -0.25) is 4.79 Å². The zero-order valence-electron chi connectivity index (χ0n) is 12.0. The molecule has 0 aromatic heterocycles. The van der Waals surface area contributed by atoms with Gasteiger partial charge in [0.25, 0.3) is 0 Å². The summed E-state index contributed by atoms with van der Waals surface area (Å²) in [6, 6.07) is 5.99. The first-order valence-electron chi connectivity index (χ1n) is 6.37. The van der Waals surface area contributed by atoms with Crippen molar-refractivity contribution in [3.05, 3.63) is 28.8 Å². The number of hydrogen-bond acceptors (Lipinski definition) is 3. The van der Waals surface area contributed by atoms with Gasteiger partial charge in [-0.05, 0) is 38.6 Å². The Balaban J connectivity index is 2.69. The van der Waals surface area contributed by atoms with E-state index in [0.29, 0.717) is 11.6 Å². The Morgan fingerprint density at radius 2 is 2.11 bits per heavy atom. The summed E-state index contributed by atoms with van der Waals surface area (Å²) < 4.78 is 0. The van der Waals surface area contributed by atoms with Crippen LogP contribution in [0.4, 0.5) is 5.69 Å². The molecule has 0 saturated heterocycles. The van der Waals surface area contributed by atoms with Crippen molar-refractivity contribution < 1.29 is 4.79 Å². The van der Waals surface area contributed by atoms with Crippen molar-refractivity contribution in [2.75, 3.05) is 25.5 Å². The first kappa shape index (κ1) is 15.8. The molecule has 0 bridgehead atoms. The minimum atomic E-state index is 0.00734. The maximum absolute atomic E-state index is 11.7. The number of anilines is 1. The highest BCUT2D eigenvalue weighted by Crippen LogP contribution is 2.22. The summed E-state index contributed by atoms with van der Waals surface area (Å²) in [6.07, 6.45) is 0. The molecule has 5 heteroatoms. The van der Waals surface area contributed by atoms with Gasteiger partial charge in [-0.25, -0.2) is 0 Å². The molecule has 0 atom stereocenters. The SMILES string of the molecule is CNCc1ccc(N(C)CC(=O)NC(C)C)cc1Cl. The zero-order valence-corrected chi connectivity index (χ0v) is 12.7. The van der Waals surface area contributed by atoms with Crippen molar-refractivity contribution >= 4 is 23.2 Å². The molecule has 0 aliphatic heterocycles. The molecule has 0 heterocycles. The van der Waals surface area contributed by atoms with Crippen LogP contribution in [0.25, 0.3) is 0 Å². The third-order valence-corrected chi connectivity index (χ3v) is 3.03. The molecule has 0 unspecified atom stereocenters. The minimum absolute atomic E-state index is 0.00734. The van der Waals surface area contributed by atoms with Gasteiger partial charge in [-0.2, -0.15) is 0 Å². The van der Waals surface area contributed by atoms with Crippen LogP contribution in [0.1, 0.15) is 19.4 Å². The van der Waals surface area contributed by atoms with Crippen LogP contribution in [-0.4, -0.2) is 32.6 Å². The van der Waals surface area contributed by atoms with E-state index < -0.39 is 0 Å². The Bertz CT molecular complexity index is 435. The topological polar surface area (TPSA) is 44.4 Å². The highest BCUT2D eigenvalue weighted by molar-refractivity contribution is 6.31. The first-order valence-corrected chi connectivity index (χ1v) is 6.75. The van der Waals surface area contributed by atoms with Crippen molar-refractivity contribution in [2.45, 2.75) is 26.4 Å². The van der Waals surface area contributed by atoms with E-state index in [4.69, 9.17) is 11.6 Å². The Hall–Kier alpha value is -1.26. The van der Waals surface area contributed by atoms with Crippen LogP contribution >= 0.6 is 11.6 Å². The minimum Gasteiger partial charge on any atom is -0.365 e. The van der Waals surface area contributed by atoms with Crippen LogP contribution < -0.4 is 15.5 Å². The quantitative estimate of drug-likeness (QED) is 0.840. The van der Waals surface area contributed by atoms with Gasteiger partial charge in [-0.15, -0.1) is 0 Å². The summed E-state index contributed by atoms with van der Waals surface area (Å²) in [5, 5.41) is 6.64. The van der Waals surface area contributed by atoms with Crippen molar-refractivity contribution in [2.24, 2.45) is 0 Å². The molecule has 19 heavy (non-hydrogen) atoms. The van der Waals surface area contributed by atoms with Crippen LogP contribution in [0.2, 0.25) is 5.02 Å². The number of likely N-dealkylation sites (N-methyl/N-ethyl adjacent to an activating group) is 1. The second-order valence-electron chi connectivity index (χ2n) is 4.88. The Labute approximate surface area is 120 Å². The van der Waals surface area contributed by atoms with E-state index >= 15 is 0 Å². The predicted molar refractivity (Wildman–Crippen MR) is 80.8 cm³/mol. The summed E-state index contributed by atoms with van der Waals surface area (Å²) in [7, 11) is 3.76. The lowest BCUT2D eigenvalue weighted by atomic mass is 10.2. The number of halogens is 1. The Morgan fingerprint density at radius 1 is 1.42 bits per heavy atom. The lowest BCUT2D eigenvalue weighted by molar-refractivity contribution is -0.120. The van der Waals surface area contributed by atoms with E-state index in [1.54, 1.807) is 0 Å². The van der Waals surface area contributed by atoms with Gasteiger partial charge < -0.3 is 15.5 Å². The van der Waals surface area contributed by atoms with E-state index in [1.165, 1.54) is 0 Å². The highest BCUT2D eigenvalue weighted by Gasteiger charge is 2.10. The van der Waals surface area contributed by atoms with Gasteiger partial charge in [0.2, 0.25) is 5.91 Å². The largest absolute Gasteiger partial charge is 0.365 e. The summed E-state index contributed by atoms with van der Waals surface area (Å²) in [5.41, 5.74) is 1.98. The van der Waals surface area contributed by atoms with Crippen LogP contribution in [0.5, 0.6) is 0 Å². The molecule has 0 aliphatic rings. The molecular weight excluding hydrogens is 262 g/mol. The molecule has 1 aromatic rings. The molecule has 1 rings (SSSR count). The van der Waals surface area contributed by atoms with Crippen LogP contribution in [0, 0.1) is 0 Å². The van der Waals surface area contributed by atoms with Crippen molar-refractivity contribution in [3.8, 4) is 0 Å². The maximum Gasteiger partial charge on any atom is 0.239 e. The molecule has 1 aromatic carbocycles. The molecule has 0 radical (unpaired) electrons. The molecule has 0 fully saturated rings. The summed E-state index contributed by atoms with van der Waals surface area (Å²) in [5.74, 6) is 0.00734. The van der Waals surface area contributed by atoms with E-state index in [0.717, 1.165) is 17.8 Å².